The molecule has 0 fully saturated rings. The second-order valence-electron chi connectivity index (χ2n) is 6.85. The molecular weight excluding hydrogens is 439 g/mol. The van der Waals surface area contributed by atoms with E-state index in [9.17, 15) is 18.0 Å². The lowest BCUT2D eigenvalue weighted by atomic mass is 10.1. The van der Waals surface area contributed by atoms with E-state index in [-0.39, 0.29) is 17.4 Å². The summed E-state index contributed by atoms with van der Waals surface area (Å²) < 4.78 is 43.8. The first-order valence-corrected chi connectivity index (χ1v) is 9.48. The maximum Gasteiger partial charge on any atom is 0.416 e. The molecule has 0 saturated carbocycles. The first-order valence-electron chi connectivity index (χ1n) is 9.48. The van der Waals surface area contributed by atoms with E-state index >= 15 is 0 Å². The number of hydrogen-bond donors (Lipinski definition) is 2. The second-order valence-corrected chi connectivity index (χ2v) is 6.85. The summed E-state index contributed by atoms with van der Waals surface area (Å²) in [5, 5.41) is 5.50. The van der Waals surface area contributed by atoms with Gasteiger partial charge >= 0.3 is 12.2 Å². The highest BCUT2D eigenvalue weighted by Gasteiger charge is 2.30. The van der Waals surface area contributed by atoms with E-state index in [0.717, 1.165) is 23.9 Å². The van der Waals surface area contributed by atoms with Gasteiger partial charge < -0.3 is 15.4 Å². The van der Waals surface area contributed by atoms with Gasteiger partial charge in [0.25, 0.3) is 5.91 Å². The predicted octanol–water partition coefficient (Wildman–Crippen LogP) is 4.15. The molecule has 4 rings (SSSR count). The number of nitrogens with zero attached hydrogens (tertiary/aromatic N) is 5. The van der Waals surface area contributed by atoms with Crippen LogP contribution in [0.1, 0.15) is 21.5 Å². The van der Waals surface area contributed by atoms with Crippen LogP contribution in [-0.2, 0) is 6.18 Å². The molecule has 1 amide bonds. The zero-order chi connectivity index (χ0) is 23.6. The Kier molecular flexibility index (Phi) is 5.73. The van der Waals surface area contributed by atoms with E-state index in [2.05, 4.69) is 35.6 Å². The van der Waals surface area contributed by atoms with Gasteiger partial charge in [0, 0.05) is 17.4 Å². The molecule has 0 unspecified atom stereocenters. The largest absolute Gasteiger partial charge is 0.467 e. The van der Waals surface area contributed by atoms with Crippen LogP contribution in [0.2, 0.25) is 0 Å². The van der Waals surface area contributed by atoms with Gasteiger partial charge in [-0.05, 0) is 36.8 Å². The zero-order valence-corrected chi connectivity index (χ0v) is 17.3. The highest BCUT2D eigenvalue weighted by Crippen LogP contribution is 2.30. The summed E-state index contributed by atoms with van der Waals surface area (Å²) in [6.45, 7) is 1.82. The quantitative estimate of drug-likeness (QED) is 0.461. The Bertz CT molecular complexity index is 1350. The van der Waals surface area contributed by atoms with Gasteiger partial charge in [-0.15, -0.1) is 0 Å². The standard InChI is InChI=1S/C21H16F3N7O2/c1-11-3-4-12(19(32)30-16-8-13(5-6-25-16)21(22,23)24)7-14(11)29-18-17-15(27-10-28-18)9-26-20(31-17)33-2/h3-10H,1-2H3,(H,25,30,32)(H,27,28,29). The molecule has 9 nitrogen and oxygen atoms in total. The lowest BCUT2D eigenvalue weighted by Crippen LogP contribution is -2.15. The summed E-state index contributed by atoms with van der Waals surface area (Å²) >= 11 is 0. The molecule has 0 saturated heterocycles. The molecule has 0 atom stereocenters. The highest BCUT2D eigenvalue weighted by molar-refractivity contribution is 6.04. The van der Waals surface area contributed by atoms with Crippen LogP contribution in [0.5, 0.6) is 6.01 Å². The lowest BCUT2D eigenvalue weighted by molar-refractivity contribution is -0.137. The monoisotopic (exact) mass is 455 g/mol. The summed E-state index contributed by atoms with van der Waals surface area (Å²) in [5.41, 5.74) is 1.51. The molecule has 0 spiro atoms. The lowest BCUT2D eigenvalue weighted by Gasteiger charge is -2.13. The van der Waals surface area contributed by atoms with Gasteiger partial charge in [-0.25, -0.2) is 19.9 Å². The van der Waals surface area contributed by atoms with Gasteiger partial charge in [0.2, 0.25) is 0 Å². The molecule has 1 aromatic carbocycles. The van der Waals surface area contributed by atoms with Crippen LogP contribution in [0.4, 0.5) is 30.5 Å². The maximum absolute atomic E-state index is 12.9. The Morgan fingerprint density at radius 3 is 2.64 bits per heavy atom. The number of benzene rings is 1. The van der Waals surface area contributed by atoms with Crippen LogP contribution in [0.15, 0.2) is 49.1 Å². The number of ether oxygens (including phenoxy) is 1. The normalized spacial score (nSPS) is 11.3. The van der Waals surface area contributed by atoms with Gasteiger partial charge in [-0.1, -0.05) is 6.07 Å². The third-order valence-corrected chi connectivity index (χ3v) is 4.62. The highest BCUT2D eigenvalue weighted by atomic mass is 19.4. The van der Waals surface area contributed by atoms with Crippen LogP contribution in [0.3, 0.4) is 0 Å². The average molecular weight is 455 g/mol. The first-order chi connectivity index (χ1) is 15.7. The first kappa shape index (κ1) is 21.9. The van der Waals surface area contributed by atoms with Crippen molar-refractivity contribution in [2.45, 2.75) is 13.1 Å². The number of rotatable bonds is 5. The molecule has 3 aromatic heterocycles. The molecule has 33 heavy (non-hydrogen) atoms. The van der Waals surface area contributed by atoms with Crippen LogP contribution in [0.25, 0.3) is 11.0 Å². The summed E-state index contributed by atoms with van der Waals surface area (Å²) in [7, 11) is 1.43. The van der Waals surface area contributed by atoms with Crippen LogP contribution in [-0.4, -0.2) is 37.9 Å². The number of halogens is 3. The fourth-order valence-electron chi connectivity index (χ4n) is 2.92. The van der Waals surface area contributed by atoms with Crippen molar-refractivity contribution >= 4 is 34.3 Å². The minimum Gasteiger partial charge on any atom is -0.467 e. The number of anilines is 3. The molecule has 0 bridgehead atoms. The Labute approximate surface area is 185 Å². The zero-order valence-electron chi connectivity index (χ0n) is 17.3. The Hall–Kier alpha value is -4.35. The van der Waals surface area contributed by atoms with Crippen molar-refractivity contribution in [1.29, 1.82) is 0 Å². The van der Waals surface area contributed by atoms with Crippen molar-refractivity contribution in [3.63, 3.8) is 0 Å². The topological polar surface area (TPSA) is 115 Å². The van der Waals surface area contributed by atoms with E-state index in [1.54, 1.807) is 18.2 Å². The van der Waals surface area contributed by atoms with Crippen molar-refractivity contribution in [2.75, 3.05) is 17.7 Å². The average Bonchev–Trinajstić information content (AvgIpc) is 2.80. The van der Waals surface area contributed by atoms with Crippen molar-refractivity contribution in [1.82, 2.24) is 24.9 Å². The van der Waals surface area contributed by atoms with Crippen LogP contribution < -0.4 is 15.4 Å². The van der Waals surface area contributed by atoms with Gasteiger partial charge in [0.1, 0.15) is 23.2 Å². The number of methoxy groups -OCH3 is 1. The molecule has 0 aliphatic heterocycles. The van der Waals surface area contributed by atoms with Gasteiger partial charge in [-0.2, -0.15) is 18.2 Å². The van der Waals surface area contributed by atoms with Crippen molar-refractivity contribution in [2.24, 2.45) is 0 Å². The van der Waals surface area contributed by atoms with E-state index in [4.69, 9.17) is 4.74 Å². The number of alkyl halides is 3. The predicted molar refractivity (Wildman–Crippen MR) is 113 cm³/mol. The van der Waals surface area contributed by atoms with Crippen LogP contribution in [0, 0.1) is 6.92 Å². The number of carbonyl (C=O) groups excluding carboxylic acids is 1. The molecule has 0 radical (unpaired) electrons. The number of fused-ring (bicyclic) bond motifs is 1. The van der Waals surface area contributed by atoms with Crippen molar-refractivity contribution in [3.8, 4) is 6.01 Å². The second kappa shape index (κ2) is 8.65. The van der Waals surface area contributed by atoms with E-state index in [1.807, 2.05) is 6.92 Å². The maximum atomic E-state index is 12.9. The number of carbonyl (C=O) groups is 1. The smallest absolute Gasteiger partial charge is 0.416 e. The Morgan fingerprint density at radius 2 is 1.88 bits per heavy atom. The number of hydrogen-bond acceptors (Lipinski definition) is 8. The molecule has 0 aliphatic rings. The summed E-state index contributed by atoms with van der Waals surface area (Å²) in [6.07, 6.45) is -0.731. The van der Waals surface area contributed by atoms with Gasteiger partial charge in [-0.3, -0.25) is 4.79 Å². The summed E-state index contributed by atoms with van der Waals surface area (Å²) in [4.78, 5) is 33.0. The minimum atomic E-state index is -4.55. The molecule has 4 aromatic rings. The molecule has 2 N–H and O–H groups in total. The molecule has 168 valence electrons. The van der Waals surface area contributed by atoms with E-state index in [0.29, 0.717) is 22.5 Å². The fraction of sp³-hybridized carbons (Fsp3) is 0.143. The molecule has 0 aliphatic carbocycles. The van der Waals surface area contributed by atoms with E-state index in [1.165, 1.54) is 19.6 Å². The third-order valence-electron chi connectivity index (χ3n) is 4.62. The van der Waals surface area contributed by atoms with E-state index < -0.39 is 17.6 Å². The number of pyridine rings is 1. The Balaban J connectivity index is 1.61. The number of aromatic nitrogens is 5. The number of nitrogens with one attached hydrogen (secondary N) is 2. The minimum absolute atomic E-state index is 0.138. The van der Waals surface area contributed by atoms with Crippen molar-refractivity contribution < 1.29 is 22.7 Å². The molecule has 3 heterocycles. The SMILES string of the molecule is COc1ncc2ncnc(Nc3cc(C(=O)Nc4cc(C(F)(F)F)ccn4)ccc3C)c2n1. The summed E-state index contributed by atoms with van der Waals surface area (Å²) in [5.74, 6) is -0.474. The fourth-order valence-corrected chi connectivity index (χ4v) is 2.92. The van der Waals surface area contributed by atoms with Gasteiger partial charge in [0.15, 0.2) is 5.82 Å². The third kappa shape index (κ3) is 4.79. The van der Waals surface area contributed by atoms with Gasteiger partial charge in [0.05, 0.1) is 18.9 Å². The summed E-state index contributed by atoms with van der Waals surface area (Å²) in [6, 6.07) is 6.52. The van der Waals surface area contributed by atoms with Crippen molar-refractivity contribution in [3.05, 3.63) is 65.7 Å². The molecule has 12 heteroatoms. The Morgan fingerprint density at radius 1 is 1.06 bits per heavy atom. The van der Waals surface area contributed by atoms with Crippen LogP contribution >= 0.6 is 0 Å². The number of aryl methyl sites for hydroxylation is 1. The molecular formula is C21H16F3N7O2. The number of amides is 1.